The van der Waals surface area contributed by atoms with E-state index in [0.717, 1.165) is 31.3 Å². The standard InChI is InChI=1S/C27H43NO6/c1-5-6-9-12-22(29)17-15-21-16-18-25(30)24(21)13-10-7-8-11-14-27(33)34-23(19-26(31)32)20-28(2,3)4/h7,10,15-17,22-24,29H,5-6,8-9,11-14,18-20H2,1-4H3/p+1/b10-7+,17-15+. The second-order valence-electron chi connectivity index (χ2n) is 10.1. The first kappa shape index (κ1) is 29.8. The Morgan fingerprint density at radius 2 is 1.94 bits per heavy atom. The number of ketones is 1. The molecule has 0 bridgehead atoms. The largest absolute Gasteiger partial charge is 0.481 e. The first-order valence-corrected chi connectivity index (χ1v) is 12.5. The number of unbranched alkanes of at least 4 members (excludes halogenated alkanes) is 3. The summed E-state index contributed by atoms with van der Waals surface area (Å²) in [6.45, 7) is 2.57. The molecular weight excluding hydrogens is 434 g/mol. The van der Waals surface area contributed by atoms with Crippen LogP contribution in [0.4, 0.5) is 0 Å². The maximum atomic E-state index is 12.2. The lowest BCUT2D eigenvalue weighted by Gasteiger charge is -2.28. The quantitative estimate of drug-likeness (QED) is 0.141. The number of hydrogen-bond donors (Lipinski definition) is 2. The van der Waals surface area contributed by atoms with Crippen LogP contribution in [0.5, 0.6) is 0 Å². The highest BCUT2D eigenvalue weighted by molar-refractivity contribution is 5.89. The van der Waals surface area contributed by atoms with Crippen LogP contribution >= 0.6 is 0 Å². The van der Waals surface area contributed by atoms with Crippen molar-refractivity contribution in [1.29, 1.82) is 0 Å². The van der Waals surface area contributed by atoms with Gasteiger partial charge in [0.15, 0.2) is 6.10 Å². The van der Waals surface area contributed by atoms with Crippen molar-refractivity contribution in [3.63, 3.8) is 0 Å². The van der Waals surface area contributed by atoms with Gasteiger partial charge in [0.1, 0.15) is 12.3 Å². The predicted octanol–water partition coefficient (Wildman–Crippen LogP) is 4.21. The zero-order valence-electron chi connectivity index (χ0n) is 21.4. The molecule has 0 saturated heterocycles. The minimum absolute atomic E-state index is 0.174. The molecule has 1 aliphatic rings. The molecule has 0 saturated carbocycles. The van der Waals surface area contributed by atoms with Gasteiger partial charge < -0.3 is 19.4 Å². The third-order valence-electron chi connectivity index (χ3n) is 5.69. The van der Waals surface area contributed by atoms with Crippen LogP contribution in [0.2, 0.25) is 0 Å². The molecule has 0 aliphatic heterocycles. The summed E-state index contributed by atoms with van der Waals surface area (Å²) in [5.41, 5.74) is 0.967. The van der Waals surface area contributed by atoms with Crippen molar-refractivity contribution in [2.45, 2.75) is 83.3 Å². The number of carbonyl (C=O) groups excluding carboxylic acids is 2. The number of hydrogen-bond acceptors (Lipinski definition) is 5. The second-order valence-corrected chi connectivity index (χ2v) is 10.1. The molecule has 0 aromatic carbocycles. The number of allylic oxidation sites excluding steroid dienone is 5. The third-order valence-corrected chi connectivity index (χ3v) is 5.69. The maximum absolute atomic E-state index is 12.2. The summed E-state index contributed by atoms with van der Waals surface area (Å²) in [5, 5.41) is 19.1. The van der Waals surface area contributed by atoms with E-state index in [-0.39, 0.29) is 30.5 Å². The van der Waals surface area contributed by atoms with E-state index in [9.17, 15) is 19.5 Å². The molecule has 7 nitrogen and oxygen atoms in total. The van der Waals surface area contributed by atoms with Gasteiger partial charge in [-0.25, -0.2) is 0 Å². The molecular formula is C27H44NO6+. The van der Waals surface area contributed by atoms with E-state index in [1.807, 2.05) is 45.4 Å². The van der Waals surface area contributed by atoms with Crippen LogP contribution in [0.1, 0.15) is 71.1 Å². The SMILES string of the molecule is CCCCCC(O)/C=C/C1=CCC(=O)C1C/C=C/CCCC(=O)OC(CC(=O)O)C[N+](C)(C)C. The minimum Gasteiger partial charge on any atom is -0.481 e. The summed E-state index contributed by atoms with van der Waals surface area (Å²) in [7, 11) is 5.78. The van der Waals surface area contributed by atoms with Crippen molar-refractivity contribution >= 4 is 17.7 Å². The molecule has 0 radical (unpaired) electrons. The lowest BCUT2D eigenvalue weighted by atomic mass is 9.95. The van der Waals surface area contributed by atoms with Crippen molar-refractivity contribution in [1.82, 2.24) is 0 Å². The van der Waals surface area contributed by atoms with E-state index >= 15 is 0 Å². The zero-order chi connectivity index (χ0) is 25.6. The minimum atomic E-state index is -0.982. The molecule has 2 N–H and O–H groups in total. The Kier molecular flexibility index (Phi) is 13.7. The summed E-state index contributed by atoms with van der Waals surface area (Å²) < 4.78 is 5.90. The van der Waals surface area contributed by atoms with Gasteiger partial charge in [-0.15, -0.1) is 0 Å². The van der Waals surface area contributed by atoms with Crippen molar-refractivity contribution in [2.75, 3.05) is 27.7 Å². The number of esters is 1. The van der Waals surface area contributed by atoms with Gasteiger partial charge >= 0.3 is 11.9 Å². The summed E-state index contributed by atoms with van der Waals surface area (Å²) in [6.07, 6.45) is 14.8. The van der Waals surface area contributed by atoms with Crippen LogP contribution in [0.3, 0.4) is 0 Å². The van der Waals surface area contributed by atoms with Crippen molar-refractivity contribution in [3.8, 4) is 0 Å². The fraction of sp³-hybridized carbons (Fsp3) is 0.667. The van der Waals surface area contributed by atoms with Crippen molar-refractivity contribution in [2.24, 2.45) is 5.92 Å². The number of quaternary nitrogens is 1. The summed E-state index contributed by atoms with van der Waals surface area (Å²) in [6, 6.07) is 0. The van der Waals surface area contributed by atoms with Crippen molar-refractivity contribution < 1.29 is 33.8 Å². The first-order valence-electron chi connectivity index (χ1n) is 12.5. The first-order chi connectivity index (χ1) is 16.0. The Morgan fingerprint density at radius 3 is 2.59 bits per heavy atom. The molecule has 0 heterocycles. The molecule has 1 aliphatic carbocycles. The van der Waals surface area contributed by atoms with E-state index in [1.165, 1.54) is 0 Å². The normalized spacial score (nSPS) is 18.4. The Morgan fingerprint density at radius 1 is 1.21 bits per heavy atom. The number of aliphatic hydroxyl groups excluding tert-OH is 1. The van der Waals surface area contributed by atoms with Crippen LogP contribution in [-0.4, -0.2) is 72.3 Å². The number of Topliss-reactive ketones (excluding diaryl/α,β-unsaturated/α-hetero) is 1. The fourth-order valence-corrected chi connectivity index (χ4v) is 3.97. The van der Waals surface area contributed by atoms with E-state index in [2.05, 4.69) is 6.92 Å². The molecule has 34 heavy (non-hydrogen) atoms. The Balaban J connectivity index is 2.40. The molecule has 7 heteroatoms. The second kappa shape index (κ2) is 15.6. The van der Waals surface area contributed by atoms with Gasteiger partial charge in [-0.3, -0.25) is 14.4 Å². The highest BCUT2D eigenvalue weighted by Gasteiger charge is 2.25. The monoisotopic (exact) mass is 478 g/mol. The number of carboxylic acid groups (broad SMARTS) is 1. The van der Waals surface area contributed by atoms with Crippen LogP contribution in [0.25, 0.3) is 0 Å². The molecule has 3 atom stereocenters. The highest BCUT2D eigenvalue weighted by Crippen LogP contribution is 2.27. The molecule has 192 valence electrons. The highest BCUT2D eigenvalue weighted by atomic mass is 16.5. The number of carboxylic acids is 1. The molecule has 3 unspecified atom stereocenters. The zero-order valence-corrected chi connectivity index (χ0v) is 21.4. The topological polar surface area (TPSA) is 101 Å². The summed E-state index contributed by atoms with van der Waals surface area (Å²) in [4.78, 5) is 35.4. The van der Waals surface area contributed by atoms with Crippen LogP contribution in [0, 0.1) is 5.92 Å². The maximum Gasteiger partial charge on any atom is 0.307 e. The average molecular weight is 479 g/mol. The smallest absolute Gasteiger partial charge is 0.307 e. The summed E-state index contributed by atoms with van der Waals surface area (Å²) in [5.74, 6) is -1.35. The van der Waals surface area contributed by atoms with E-state index in [4.69, 9.17) is 9.84 Å². The number of aliphatic carboxylic acids is 1. The van der Waals surface area contributed by atoms with Gasteiger partial charge in [-0.05, 0) is 31.3 Å². The number of likely N-dealkylation sites (N-methyl/N-ethyl adjacent to an activating group) is 1. The van der Waals surface area contributed by atoms with Crippen LogP contribution in [-0.2, 0) is 19.1 Å². The third kappa shape index (κ3) is 13.5. The van der Waals surface area contributed by atoms with Gasteiger partial charge in [0.2, 0.25) is 0 Å². The molecule has 0 fully saturated rings. The van der Waals surface area contributed by atoms with Gasteiger partial charge in [0.05, 0.1) is 33.7 Å². The van der Waals surface area contributed by atoms with Gasteiger partial charge in [-0.2, -0.15) is 0 Å². The molecule has 0 amide bonds. The number of rotatable bonds is 17. The number of ether oxygens (including phenoxy) is 1. The van der Waals surface area contributed by atoms with E-state index in [1.54, 1.807) is 6.08 Å². The van der Waals surface area contributed by atoms with E-state index in [0.29, 0.717) is 36.7 Å². The number of carbonyl (C=O) groups is 3. The Labute approximate surface area is 204 Å². The molecule has 0 spiro atoms. The lowest BCUT2D eigenvalue weighted by Crippen LogP contribution is -2.43. The molecule has 1 rings (SSSR count). The van der Waals surface area contributed by atoms with E-state index < -0.39 is 18.2 Å². The van der Waals surface area contributed by atoms with Gasteiger partial charge in [0, 0.05) is 18.8 Å². The fourth-order valence-electron chi connectivity index (χ4n) is 3.97. The van der Waals surface area contributed by atoms with Crippen LogP contribution in [0.15, 0.2) is 36.0 Å². The number of nitrogens with zero attached hydrogens (tertiary/aromatic N) is 1. The van der Waals surface area contributed by atoms with Gasteiger partial charge in [0.25, 0.3) is 0 Å². The number of aliphatic hydroxyl groups is 1. The predicted molar refractivity (Wildman–Crippen MR) is 133 cm³/mol. The average Bonchev–Trinajstić information content (AvgIpc) is 3.07. The molecule has 0 aromatic rings. The molecule has 0 aromatic heterocycles. The van der Waals surface area contributed by atoms with Crippen LogP contribution < -0.4 is 0 Å². The Hall–Kier alpha value is -2.25. The van der Waals surface area contributed by atoms with Gasteiger partial charge in [-0.1, -0.05) is 56.6 Å². The Bertz CT molecular complexity index is 747. The lowest BCUT2D eigenvalue weighted by molar-refractivity contribution is -0.873. The summed E-state index contributed by atoms with van der Waals surface area (Å²) >= 11 is 0. The van der Waals surface area contributed by atoms with Crippen molar-refractivity contribution in [3.05, 3.63) is 36.0 Å².